The minimum absolute atomic E-state index is 0.0869. The fraction of sp³-hybridized carbons (Fsp3) is 0.409. The molecule has 0 spiro atoms. The molecule has 5 heteroatoms. The number of likely N-dealkylation sites (tertiary alicyclic amines) is 1. The Morgan fingerprint density at radius 3 is 2.56 bits per heavy atom. The Bertz CT molecular complexity index is 740. The number of amides is 1. The molecule has 0 atom stereocenters. The van der Waals surface area contributed by atoms with Crippen molar-refractivity contribution in [3.05, 3.63) is 64.7 Å². The average molecular weight is 387 g/mol. The lowest BCUT2D eigenvalue weighted by Gasteiger charge is -2.30. The predicted octanol–water partition coefficient (Wildman–Crippen LogP) is 4.38. The van der Waals surface area contributed by atoms with Crippen LogP contribution < -0.4 is 10.1 Å². The highest BCUT2D eigenvalue weighted by Crippen LogP contribution is 2.22. The summed E-state index contributed by atoms with van der Waals surface area (Å²) in [5, 5.41) is 3.45. The quantitative estimate of drug-likeness (QED) is 0.718. The summed E-state index contributed by atoms with van der Waals surface area (Å²) < 4.78 is 5.58. The molecule has 1 aliphatic heterocycles. The van der Waals surface area contributed by atoms with Gasteiger partial charge in [0, 0.05) is 12.1 Å². The first kappa shape index (κ1) is 19.7. The van der Waals surface area contributed by atoms with Gasteiger partial charge in [-0.2, -0.15) is 0 Å². The van der Waals surface area contributed by atoms with Gasteiger partial charge in [-0.25, -0.2) is 0 Å². The maximum absolute atomic E-state index is 12.3. The van der Waals surface area contributed by atoms with Gasteiger partial charge in [0.05, 0.1) is 11.6 Å². The SMILES string of the molecule is CC1CCN(Cc2ccc(C(=O)NCCOc3ccccc3Cl)cc2)CC1. The number of halogens is 1. The monoisotopic (exact) mass is 386 g/mol. The normalized spacial score (nSPS) is 15.5. The molecule has 1 heterocycles. The van der Waals surface area contributed by atoms with Gasteiger partial charge in [0.2, 0.25) is 0 Å². The first-order chi connectivity index (χ1) is 13.1. The maximum atomic E-state index is 12.3. The van der Waals surface area contributed by atoms with E-state index in [2.05, 4.69) is 17.1 Å². The van der Waals surface area contributed by atoms with E-state index in [0.29, 0.717) is 29.5 Å². The Morgan fingerprint density at radius 2 is 1.85 bits per heavy atom. The van der Waals surface area contributed by atoms with Crippen molar-refractivity contribution in [2.24, 2.45) is 5.92 Å². The molecule has 0 unspecified atom stereocenters. The van der Waals surface area contributed by atoms with Crippen molar-refractivity contribution in [3.63, 3.8) is 0 Å². The van der Waals surface area contributed by atoms with E-state index in [0.717, 1.165) is 25.6 Å². The molecule has 1 amide bonds. The van der Waals surface area contributed by atoms with Crippen LogP contribution >= 0.6 is 11.6 Å². The Morgan fingerprint density at radius 1 is 1.15 bits per heavy atom. The van der Waals surface area contributed by atoms with Crippen LogP contribution in [0.15, 0.2) is 48.5 Å². The first-order valence-corrected chi connectivity index (χ1v) is 9.96. The van der Waals surface area contributed by atoms with Crippen LogP contribution in [0.2, 0.25) is 5.02 Å². The van der Waals surface area contributed by atoms with Crippen LogP contribution in [0.1, 0.15) is 35.7 Å². The number of carbonyl (C=O) groups excluding carboxylic acids is 1. The number of ether oxygens (including phenoxy) is 1. The highest BCUT2D eigenvalue weighted by atomic mass is 35.5. The number of hydrogen-bond acceptors (Lipinski definition) is 3. The maximum Gasteiger partial charge on any atom is 0.251 e. The number of nitrogens with one attached hydrogen (secondary N) is 1. The summed E-state index contributed by atoms with van der Waals surface area (Å²) in [5.74, 6) is 1.38. The Hall–Kier alpha value is -2.04. The predicted molar refractivity (Wildman–Crippen MR) is 109 cm³/mol. The van der Waals surface area contributed by atoms with Crippen molar-refractivity contribution in [1.82, 2.24) is 10.2 Å². The summed E-state index contributed by atoms with van der Waals surface area (Å²) in [4.78, 5) is 14.7. The van der Waals surface area contributed by atoms with Gasteiger partial charge in [-0.3, -0.25) is 9.69 Å². The lowest BCUT2D eigenvalue weighted by molar-refractivity contribution is 0.0947. The largest absolute Gasteiger partial charge is 0.490 e. The van der Waals surface area contributed by atoms with E-state index in [1.54, 1.807) is 6.07 Å². The van der Waals surface area contributed by atoms with Gasteiger partial charge in [0.15, 0.2) is 0 Å². The number of hydrogen-bond donors (Lipinski definition) is 1. The van der Waals surface area contributed by atoms with E-state index in [-0.39, 0.29) is 5.91 Å². The van der Waals surface area contributed by atoms with Crippen molar-refractivity contribution in [2.45, 2.75) is 26.3 Å². The third kappa shape index (κ3) is 5.98. The molecule has 1 saturated heterocycles. The van der Waals surface area contributed by atoms with E-state index in [1.165, 1.54) is 18.4 Å². The lowest BCUT2D eigenvalue weighted by atomic mass is 9.99. The van der Waals surface area contributed by atoms with E-state index in [1.807, 2.05) is 42.5 Å². The van der Waals surface area contributed by atoms with Crippen molar-refractivity contribution in [1.29, 1.82) is 0 Å². The summed E-state index contributed by atoms with van der Waals surface area (Å²) in [6, 6.07) is 15.2. The van der Waals surface area contributed by atoms with Crippen LogP contribution in [0.3, 0.4) is 0 Å². The van der Waals surface area contributed by atoms with Gasteiger partial charge in [-0.1, -0.05) is 42.8 Å². The summed E-state index contributed by atoms with van der Waals surface area (Å²) in [5.41, 5.74) is 1.92. The third-order valence-electron chi connectivity index (χ3n) is 4.98. The zero-order chi connectivity index (χ0) is 19.1. The molecule has 0 saturated carbocycles. The van der Waals surface area contributed by atoms with Crippen molar-refractivity contribution in [2.75, 3.05) is 26.2 Å². The summed E-state index contributed by atoms with van der Waals surface area (Å²) in [6.07, 6.45) is 2.55. The van der Waals surface area contributed by atoms with E-state index >= 15 is 0 Å². The second-order valence-corrected chi connectivity index (χ2v) is 7.60. The van der Waals surface area contributed by atoms with E-state index in [4.69, 9.17) is 16.3 Å². The molecule has 1 fully saturated rings. The molecular formula is C22H27ClN2O2. The first-order valence-electron chi connectivity index (χ1n) is 9.58. The fourth-order valence-corrected chi connectivity index (χ4v) is 3.42. The molecular weight excluding hydrogens is 360 g/mol. The average Bonchev–Trinajstić information content (AvgIpc) is 2.69. The minimum atomic E-state index is -0.0869. The number of piperidine rings is 1. The van der Waals surface area contributed by atoms with Gasteiger partial charge in [0.1, 0.15) is 12.4 Å². The molecule has 4 nitrogen and oxygen atoms in total. The summed E-state index contributed by atoms with van der Waals surface area (Å²) >= 11 is 6.04. The van der Waals surface area contributed by atoms with Gasteiger partial charge in [-0.15, -0.1) is 0 Å². The van der Waals surface area contributed by atoms with Gasteiger partial charge >= 0.3 is 0 Å². The summed E-state index contributed by atoms with van der Waals surface area (Å²) in [6.45, 7) is 6.41. The zero-order valence-electron chi connectivity index (χ0n) is 15.8. The topological polar surface area (TPSA) is 41.6 Å². The van der Waals surface area contributed by atoms with Crippen molar-refractivity contribution >= 4 is 17.5 Å². The Kier molecular flexibility index (Phi) is 7.13. The highest BCUT2D eigenvalue weighted by Gasteiger charge is 2.15. The Balaban J connectivity index is 1.41. The third-order valence-corrected chi connectivity index (χ3v) is 5.29. The fourth-order valence-electron chi connectivity index (χ4n) is 3.23. The molecule has 0 aliphatic carbocycles. The van der Waals surface area contributed by atoms with Crippen LogP contribution in [0.5, 0.6) is 5.75 Å². The lowest BCUT2D eigenvalue weighted by Crippen LogP contribution is -2.32. The summed E-state index contributed by atoms with van der Waals surface area (Å²) in [7, 11) is 0. The molecule has 2 aromatic rings. The molecule has 0 aromatic heterocycles. The molecule has 1 aliphatic rings. The molecule has 144 valence electrons. The standard InChI is InChI=1S/C22H27ClN2O2/c1-17-10-13-25(14-11-17)16-18-6-8-19(9-7-18)22(26)24-12-15-27-21-5-3-2-4-20(21)23/h2-9,17H,10-16H2,1H3,(H,24,26). The van der Waals surface area contributed by atoms with Crippen LogP contribution in [-0.4, -0.2) is 37.0 Å². The number of carbonyl (C=O) groups is 1. The minimum Gasteiger partial charge on any atom is -0.490 e. The number of para-hydroxylation sites is 1. The zero-order valence-corrected chi connectivity index (χ0v) is 16.5. The van der Waals surface area contributed by atoms with Gasteiger partial charge < -0.3 is 10.1 Å². The number of nitrogens with zero attached hydrogens (tertiary/aromatic N) is 1. The smallest absolute Gasteiger partial charge is 0.251 e. The second-order valence-electron chi connectivity index (χ2n) is 7.19. The Labute approximate surface area is 166 Å². The van der Waals surface area contributed by atoms with Crippen LogP contribution in [-0.2, 0) is 6.54 Å². The molecule has 0 bridgehead atoms. The molecule has 1 N–H and O–H groups in total. The van der Waals surface area contributed by atoms with Crippen LogP contribution in [0.25, 0.3) is 0 Å². The van der Waals surface area contributed by atoms with E-state index in [9.17, 15) is 4.79 Å². The van der Waals surface area contributed by atoms with Crippen molar-refractivity contribution in [3.8, 4) is 5.75 Å². The van der Waals surface area contributed by atoms with Crippen LogP contribution in [0.4, 0.5) is 0 Å². The van der Waals surface area contributed by atoms with Gasteiger partial charge in [0.25, 0.3) is 5.91 Å². The number of rotatable bonds is 7. The molecule has 0 radical (unpaired) electrons. The van der Waals surface area contributed by atoms with E-state index < -0.39 is 0 Å². The van der Waals surface area contributed by atoms with Crippen molar-refractivity contribution < 1.29 is 9.53 Å². The molecule has 2 aromatic carbocycles. The molecule has 3 rings (SSSR count). The highest BCUT2D eigenvalue weighted by molar-refractivity contribution is 6.32. The second kappa shape index (κ2) is 9.77. The van der Waals surface area contributed by atoms with Crippen LogP contribution in [0, 0.1) is 5.92 Å². The molecule has 27 heavy (non-hydrogen) atoms. The van der Waals surface area contributed by atoms with Gasteiger partial charge in [-0.05, 0) is 61.7 Å². The number of benzene rings is 2.